The van der Waals surface area contributed by atoms with Crippen molar-refractivity contribution in [2.45, 2.75) is 38.7 Å². The fourth-order valence-electron chi connectivity index (χ4n) is 3.82. The summed E-state index contributed by atoms with van der Waals surface area (Å²) in [6.45, 7) is 1.86. The Morgan fingerprint density at radius 3 is 2.67 bits per heavy atom. The molecule has 0 radical (unpaired) electrons. The highest BCUT2D eigenvalue weighted by Gasteiger charge is 2.34. The van der Waals surface area contributed by atoms with Gasteiger partial charge in [-0.3, -0.25) is 9.69 Å². The summed E-state index contributed by atoms with van der Waals surface area (Å²) in [5.74, 6) is 0.915. The van der Waals surface area contributed by atoms with E-state index < -0.39 is 18.6 Å². The Morgan fingerprint density at radius 1 is 1.24 bits per heavy atom. The summed E-state index contributed by atoms with van der Waals surface area (Å²) in [7, 11) is 3.65. The summed E-state index contributed by atoms with van der Waals surface area (Å²) < 4.78 is 40.0. The van der Waals surface area contributed by atoms with E-state index in [9.17, 15) is 18.0 Å². The van der Waals surface area contributed by atoms with Crippen LogP contribution in [0.2, 0.25) is 0 Å². The number of nitrogens with zero attached hydrogens (tertiary/aromatic N) is 7. The maximum atomic E-state index is 13.2. The second kappa shape index (κ2) is 8.43. The second-order valence-electron chi connectivity index (χ2n) is 8.05. The molecule has 174 valence electrons. The van der Waals surface area contributed by atoms with Crippen LogP contribution in [-0.2, 0) is 13.1 Å². The van der Waals surface area contributed by atoms with Gasteiger partial charge in [0.05, 0.1) is 24.2 Å². The Morgan fingerprint density at radius 2 is 2.00 bits per heavy atom. The minimum atomic E-state index is -4.33. The van der Waals surface area contributed by atoms with Crippen LogP contribution in [0.15, 0.2) is 30.6 Å². The molecule has 4 rings (SSSR count). The Bertz CT molecular complexity index is 1190. The standard InChI is InChI=1S/C21H23F3N8O/c1-12(8-21(22,23)24)32-11-26-29-19(32)15-5-4-6-17(27-15)31-10-14-13(20(31)33)7-18(30(2)3)28-16(14)9-25/h4-7,11-12H,8-10,25H2,1-3H3/t12-/m0/s1. The Hall–Kier alpha value is -3.54. The molecule has 0 saturated carbocycles. The number of alkyl halides is 3. The highest BCUT2D eigenvalue weighted by Crippen LogP contribution is 2.33. The molecule has 0 unspecified atom stereocenters. The Kier molecular flexibility index (Phi) is 5.78. The van der Waals surface area contributed by atoms with Crippen molar-refractivity contribution in [3.63, 3.8) is 0 Å². The first kappa shape index (κ1) is 22.6. The predicted molar refractivity (Wildman–Crippen MR) is 116 cm³/mol. The summed E-state index contributed by atoms with van der Waals surface area (Å²) >= 11 is 0. The van der Waals surface area contributed by atoms with Gasteiger partial charge in [-0.15, -0.1) is 10.2 Å². The molecule has 1 atom stereocenters. The van der Waals surface area contributed by atoms with Crippen molar-refractivity contribution in [2.75, 3.05) is 23.9 Å². The first-order valence-corrected chi connectivity index (χ1v) is 10.2. The number of fused-ring (bicyclic) bond motifs is 1. The first-order valence-electron chi connectivity index (χ1n) is 10.2. The van der Waals surface area contributed by atoms with Crippen molar-refractivity contribution in [1.29, 1.82) is 0 Å². The van der Waals surface area contributed by atoms with E-state index in [-0.39, 0.29) is 24.8 Å². The number of rotatable bonds is 6. The zero-order chi connectivity index (χ0) is 23.9. The molecule has 0 bridgehead atoms. The van der Waals surface area contributed by atoms with E-state index in [1.807, 2.05) is 14.1 Å². The lowest BCUT2D eigenvalue weighted by atomic mass is 10.1. The lowest BCUT2D eigenvalue weighted by molar-refractivity contribution is -0.141. The molecule has 0 saturated heterocycles. The highest BCUT2D eigenvalue weighted by atomic mass is 19.4. The smallest absolute Gasteiger partial charge is 0.363 e. The van der Waals surface area contributed by atoms with Crippen molar-refractivity contribution >= 4 is 17.5 Å². The average molecular weight is 460 g/mol. The fraction of sp³-hybridized carbons (Fsp3) is 0.381. The molecule has 1 amide bonds. The number of carbonyl (C=O) groups is 1. The van der Waals surface area contributed by atoms with Crippen LogP contribution in [0.1, 0.15) is 41.0 Å². The van der Waals surface area contributed by atoms with E-state index in [4.69, 9.17) is 5.73 Å². The average Bonchev–Trinajstić information content (AvgIpc) is 3.37. The van der Waals surface area contributed by atoms with Crippen LogP contribution in [0.25, 0.3) is 11.5 Å². The molecule has 9 nitrogen and oxygen atoms in total. The Balaban J connectivity index is 1.67. The summed E-state index contributed by atoms with van der Waals surface area (Å²) in [5, 5.41) is 7.74. The summed E-state index contributed by atoms with van der Waals surface area (Å²) in [4.78, 5) is 25.6. The molecular formula is C21H23F3N8O. The van der Waals surface area contributed by atoms with E-state index in [1.54, 1.807) is 29.2 Å². The largest absolute Gasteiger partial charge is 0.391 e. The van der Waals surface area contributed by atoms with E-state index in [1.165, 1.54) is 22.7 Å². The van der Waals surface area contributed by atoms with Crippen molar-refractivity contribution in [1.82, 2.24) is 24.7 Å². The molecular weight excluding hydrogens is 437 g/mol. The highest BCUT2D eigenvalue weighted by molar-refractivity contribution is 6.10. The maximum absolute atomic E-state index is 13.2. The molecule has 0 aliphatic carbocycles. The third-order valence-electron chi connectivity index (χ3n) is 5.45. The van der Waals surface area contributed by atoms with Gasteiger partial charge in [0.1, 0.15) is 23.7 Å². The van der Waals surface area contributed by atoms with Gasteiger partial charge in [0.25, 0.3) is 5.91 Å². The number of halogens is 3. The van der Waals surface area contributed by atoms with Gasteiger partial charge < -0.3 is 15.2 Å². The van der Waals surface area contributed by atoms with Crippen molar-refractivity contribution < 1.29 is 18.0 Å². The topological polar surface area (TPSA) is 106 Å². The number of anilines is 2. The zero-order valence-electron chi connectivity index (χ0n) is 18.3. The summed E-state index contributed by atoms with van der Waals surface area (Å²) in [6, 6.07) is 5.76. The molecule has 0 aromatic carbocycles. The Labute approximate surface area is 188 Å². The minimum absolute atomic E-state index is 0.179. The molecule has 1 aliphatic heterocycles. The predicted octanol–water partition coefficient (Wildman–Crippen LogP) is 2.93. The number of nitrogens with two attached hydrogens (primary N) is 1. The normalized spacial score (nSPS) is 14.5. The molecule has 0 fully saturated rings. The van der Waals surface area contributed by atoms with Gasteiger partial charge in [0, 0.05) is 32.2 Å². The van der Waals surface area contributed by atoms with E-state index >= 15 is 0 Å². The molecule has 4 heterocycles. The number of carbonyl (C=O) groups excluding carboxylic acids is 1. The number of hydrogen-bond donors (Lipinski definition) is 1. The third-order valence-corrected chi connectivity index (χ3v) is 5.45. The molecule has 12 heteroatoms. The van der Waals surface area contributed by atoms with Crippen LogP contribution in [0, 0.1) is 0 Å². The number of amides is 1. The van der Waals surface area contributed by atoms with E-state index in [0.29, 0.717) is 28.6 Å². The molecule has 33 heavy (non-hydrogen) atoms. The van der Waals surface area contributed by atoms with Crippen molar-refractivity contribution in [3.8, 4) is 11.5 Å². The molecule has 3 aromatic rings. The first-order chi connectivity index (χ1) is 15.6. The van der Waals surface area contributed by atoms with Crippen LogP contribution in [0.4, 0.5) is 24.8 Å². The summed E-state index contributed by atoms with van der Waals surface area (Å²) in [5.41, 5.74) is 8.06. The second-order valence-corrected chi connectivity index (χ2v) is 8.05. The van der Waals surface area contributed by atoms with Gasteiger partial charge in [-0.25, -0.2) is 9.97 Å². The summed E-state index contributed by atoms with van der Waals surface area (Å²) in [6.07, 6.45) is -4.11. The fourth-order valence-corrected chi connectivity index (χ4v) is 3.82. The minimum Gasteiger partial charge on any atom is -0.363 e. The van der Waals surface area contributed by atoms with Crippen molar-refractivity contribution in [2.24, 2.45) is 5.73 Å². The SMILES string of the molecule is C[C@@H](CC(F)(F)F)n1cnnc1-c1cccc(N2Cc3c(cc(N(C)C)nc3CN)C2=O)n1. The number of pyridine rings is 2. The van der Waals surface area contributed by atoms with Gasteiger partial charge in [-0.1, -0.05) is 6.07 Å². The molecule has 2 N–H and O–H groups in total. The van der Waals surface area contributed by atoms with Gasteiger partial charge in [-0.2, -0.15) is 13.2 Å². The third kappa shape index (κ3) is 4.38. The monoisotopic (exact) mass is 460 g/mol. The quantitative estimate of drug-likeness (QED) is 0.603. The van der Waals surface area contributed by atoms with Crippen LogP contribution in [0.3, 0.4) is 0 Å². The van der Waals surface area contributed by atoms with Crippen LogP contribution < -0.4 is 15.5 Å². The van der Waals surface area contributed by atoms with E-state index in [2.05, 4.69) is 20.2 Å². The van der Waals surface area contributed by atoms with Crippen LogP contribution >= 0.6 is 0 Å². The van der Waals surface area contributed by atoms with Crippen molar-refractivity contribution in [3.05, 3.63) is 47.4 Å². The van der Waals surface area contributed by atoms with E-state index in [0.717, 1.165) is 5.56 Å². The zero-order valence-corrected chi connectivity index (χ0v) is 18.3. The van der Waals surface area contributed by atoms with Crippen LogP contribution in [0.5, 0.6) is 0 Å². The molecule has 1 aliphatic rings. The van der Waals surface area contributed by atoms with Gasteiger partial charge in [0.15, 0.2) is 5.82 Å². The number of aromatic nitrogens is 5. The lowest BCUT2D eigenvalue weighted by Gasteiger charge is -2.18. The van der Waals surface area contributed by atoms with Gasteiger partial charge in [0.2, 0.25) is 0 Å². The maximum Gasteiger partial charge on any atom is 0.391 e. The lowest BCUT2D eigenvalue weighted by Crippen LogP contribution is -2.24. The molecule has 0 spiro atoms. The number of hydrogen-bond acceptors (Lipinski definition) is 7. The van der Waals surface area contributed by atoms with Gasteiger partial charge >= 0.3 is 6.18 Å². The van der Waals surface area contributed by atoms with Crippen LogP contribution in [-0.4, -0.2) is 50.9 Å². The van der Waals surface area contributed by atoms with Gasteiger partial charge in [-0.05, 0) is 25.1 Å². The molecule has 3 aromatic heterocycles.